The second-order valence-corrected chi connectivity index (χ2v) is 9.01. The molecular weight excluding hydrogens is 400 g/mol. The number of benzene rings is 1. The van der Waals surface area contributed by atoms with Gasteiger partial charge in [-0.1, -0.05) is 31.5 Å². The Kier molecular flexibility index (Phi) is 6.79. The molecule has 0 fully saturated rings. The van der Waals surface area contributed by atoms with Crippen molar-refractivity contribution < 1.29 is 9.59 Å². The summed E-state index contributed by atoms with van der Waals surface area (Å²) in [5.41, 5.74) is 1.66. The third-order valence-electron chi connectivity index (χ3n) is 3.93. The summed E-state index contributed by atoms with van der Waals surface area (Å²) in [6.45, 7) is 6.37. The number of amides is 2. The molecule has 25 heavy (non-hydrogen) atoms. The minimum atomic E-state index is -0.554. The molecule has 1 heterocycles. The van der Waals surface area contributed by atoms with Gasteiger partial charge in [-0.05, 0) is 53.0 Å². The quantitative estimate of drug-likeness (QED) is 0.756. The minimum absolute atomic E-state index is 0.000537. The number of carbonyl (C=O) groups excluding carboxylic acids is 2. The predicted octanol–water partition coefficient (Wildman–Crippen LogP) is 4.23. The zero-order chi connectivity index (χ0) is 18.6. The van der Waals surface area contributed by atoms with E-state index < -0.39 is 6.04 Å². The van der Waals surface area contributed by atoms with Crippen LogP contribution in [-0.4, -0.2) is 29.8 Å². The number of carbonyl (C=O) groups is 2. The fourth-order valence-electron chi connectivity index (χ4n) is 2.43. The van der Waals surface area contributed by atoms with Gasteiger partial charge in [0.15, 0.2) is 0 Å². The van der Waals surface area contributed by atoms with E-state index in [1.807, 2.05) is 45.0 Å². The Labute approximate surface area is 161 Å². The first kappa shape index (κ1) is 19.7. The average Bonchev–Trinajstić information content (AvgIpc) is 2.97. The highest BCUT2D eigenvalue weighted by atomic mass is 79.9. The Hall–Kier alpha value is -1.66. The van der Waals surface area contributed by atoms with Crippen molar-refractivity contribution in [3.63, 3.8) is 0 Å². The lowest BCUT2D eigenvalue weighted by Gasteiger charge is -2.27. The van der Waals surface area contributed by atoms with Crippen molar-refractivity contribution in [1.29, 1.82) is 0 Å². The normalized spacial score (nSPS) is 12.1. The fourth-order valence-corrected chi connectivity index (χ4v) is 3.97. The maximum atomic E-state index is 12.8. The van der Waals surface area contributed by atoms with E-state index in [2.05, 4.69) is 21.2 Å². The number of thiophene rings is 1. The molecule has 1 aromatic heterocycles. The van der Waals surface area contributed by atoms with Crippen LogP contribution in [0.15, 0.2) is 40.2 Å². The number of hydrogen-bond acceptors (Lipinski definition) is 3. The molecule has 4 nitrogen and oxygen atoms in total. The molecule has 2 amide bonds. The Morgan fingerprint density at radius 1 is 1.16 bits per heavy atom. The fraction of sp³-hybridized carbons (Fsp3) is 0.368. The smallest absolute Gasteiger partial charge is 0.251 e. The first-order valence-corrected chi connectivity index (χ1v) is 9.75. The van der Waals surface area contributed by atoms with Gasteiger partial charge in [0, 0.05) is 17.5 Å². The molecule has 0 aliphatic carbocycles. The number of aryl methyl sites for hydroxylation is 1. The number of nitrogens with one attached hydrogen (secondary N) is 1. The highest BCUT2D eigenvalue weighted by Gasteiger charge is 2.27. The van der Waals surface area contributed by atoms with Gasteiger partial charge in [0.05, 0.1) is 10.3 Å². The average molecular weight is 423 g/mol. The first-order valence-electron chi connectivity index (χ1n) is 8.14. The molecule has 0 saturated carbocycles. The molecule has 2 aromatic rings. The van der Waals surface area contributed by atoms with Crippen LogP contribution in [0.2, 0.25) is 0 Å². The van der Waals surface area contributed by atoms with Gasteiger partial charge < -0.3 is 10.2 Å². The Balaban J connectivity index is 2.06. The monoisotopic (exact) mass is 422 g/mol. The van der Waals surface area contributed by atoms with Gasteiger partial charge in [-0.2, -0.15) is 0 Å². The van der Waals surface area contributed by atoms with Crippen LogP contribution in [0.4, 0.5) is 0 Å². The molecular formula is C19H23BrN2O2S. The van der Waals surface area contributed by atoms with Crippen LogP contribution in [0.1, 0.15) is 34.6 Å². The first-order chi connectivity index (χ1) is 11.8. The molecule has 0 radical (unpaired) electrons. The van der Waals surface area contributed by atoms with Crippen molar-refractivity contribution in [2.24, 2.45) is 5.92 Å². The molecule has 1 atom stereocenters. The SMILES string of the molecule is Cc1ccc(C(=O)N[C@H](C(=O)N(C)Cc2ccc(Br)s2)C(C)C)cc1. The van der Waals surface area contributed by atoms with Crippen LogP contribution >= 0.6 is 27.3 Å². The zero-order valence-electron chi connectivity index (χ0n) is 14.9. The van der Waals surface area contributed by atoms with Gasteiger partial charge in [0.1, 0.15) is 6.04 Å². The van der Waals surface area contributed by atoms with Crippen molar-refractivity contribution in [2.45, 2.75) is 33.4 Å². The van der Waals surface area contributed by atoms with Crippen molar-refractivity contribution in [3.05, 3.63) is 56.2 Å². The zero-order valence-corrected chi connectivity index (χ0v) is 17.3. The highest BCUT2D eigenvalue weighted by Crippen LogP contribution is 2.23. The molecule has 134 valence electrons. The summed E-state index contributed by atoms with van der Waals surface area (Å²) in [5, 5.41) is 2.89. The van der Waals surface area contributed by atoms with Crippen LogP contribution in [0, 0.1) is 12.8 Å². The molecule has 2 rings (SSSR count). The summed E-state index contributed by atoms with van der Waals surface area (Å²) in [7, 11) is 1.77. The molecule has 0 spiro atoms. The third-order valence-corrected chi connectivity index (χ3v) is 5.54. The van der Waals surface area contributed by atoms with Gasteiger partial charge in [0.25, 0.3) is 5.91 Å². The van der Waals surface area contributed by atoms with E-state index in [4.69, 9.17) is 0 Å². The summed E-state index contributed by atoms with van der Waals surface area (Å²) >= 11 is 5.03. The van der Waals surface area contributed by atoms with Gasteiger partial charge in [-0.25, -0.2) is 0 Å². The standard InChI is InChI=1S/C19H23BrN2O2S/c1-12(2)17(21-18(23)14-7-5-13(3)6-8-14)19(24)22(4)11-15-9-10-16(20)25-15/h5-10,12,17H,11H2,1-4H3,(H,21,23)/t17-/m0/s1. The maximum absolute atomic E-state index is 12.8. The summed E-state index contributed by atoms with van der Waals surface area (Å²) in [5.74, 6) is -0.307. The largest absolute Gasteiger partial charge is 0.340 e. The van der Waals surface area contributed by atoms with Crippen molar-refractivity contribution in [3.8, 4) is 0 Å². The lowest BCUT2D eigenvalue weighted by molar-refractivity contribution is -0.133. The van der Waals surface area contributed by atoms with Crippen molar-refractivity contribution in [1.82, 2.24) is 10.2 Å². The van der Waals surface area contributed by atoms with Gasteiger partial charge in [-0.3, -0.25) is 9.59 Å². The van der Waals surface area contributed by atoms with Crippen molar-refractivity contribution >= 4 is 39.1 Å². The van der Waals surface area contributed by atoms with E-state index in [9.17, 15) is 9.59 Å². The van der Waals surface area contributed by atoms with E-state index in [-0.39, 0.29) is 17.7 Å². The summed E-state index contributed by atoms with van der Waals surface area (Å²) in [6.07, 6.45) is 0. The minimum Gasteiger partial charge on any atom is -0.340 e. The highest BCUT2D eigenvalue weighted by molar-refractivity contribution is 9.11. The third kappa shape index (κ3) is 5.41. The van der Waals surface area contributed by atoms with E-state index in [1.165, 1.54) is 0 Å². The van der Waals surface area contributed by atoms with Gasteiger partial charge >= 0.3 is 0 Å². The van der Waals surface area contributed by atoms with Crippen LogP contribution in [0.5, 0.6) is 0 Å². The Morgan fingerprint density at radius 3 is 2.32 bits per heavy atom. The van der Waals surface area contributed by atoms with E-state index in [1.54, 1.807) is 35.4 Å². The molecule has 0 aliphatic rings. The van der Waals surface area contributed by atoms with Crippen LogP contribution in [-0.2, 0) is 11.3 Å². The molecule has 1 N–H and O–H groups in total. The van der Waals surface area contributed by atoms with Gasteiger partial charge in [-0.15, -0.1) is 11.3 Å². The maximum Gasteiger partial charge on any atom is 0.251 e. The van der Waals surface area contributed by atoms with E-state index >= 15 is 0 Å². The molecule has 0 unspecified atom stereocenters. The molecule has 0 saturated heterocycles. The number of likely N-dealkylation sites (N-methyl/N-ethyl adjacent to an activating group) is 1. The van der Waals surface area contributed by atoms with Crippen molar-refractivity contribution in [2.75, 3.05) is 7.05 Å². The Bertz CT molecular complexity index is 740. The lowest BCUT2D eigenvalue weighted by atomic mass is 10.0. The number of hydrogen-bond donors (Lipinski definition) is 1. The summed E-state index contributed by atoms with van der Waals surface area (Å²) < 4.78 is 1.04. The summed E-state index contributed by atoms with van der Waals surface area (Å²) in [4.78, 5) is 28.1. The predicted molar refractivity (Wildman–Crippen MR) is 106 cm³/mol. The van der Waals surface area contributed by atoms with Crippen LogP contribution in [0.25, 0.3) is 0 Å². The number of rotatable bonds is 6. The van der Waals surface area contributed by atoms with E-state index in [0.29, 0.717) is 12.1 Å². The van der Waals surface area contributed by atoms with Crippen LogP contribution < -0.4 is 5.32 Å². The molecule has 1 aromatic carbocycles. The van der Waals surface area contributed by atoms with Gasteiger partial charge in [0.2, 0.25) is 5.91 Å². The van der Waals surface area contributed by atoms with E-state index in [0.717, 1.165) is 14.2 Å². The second kappa shape index (κ2) is 8.63. The molecule has 0 aliphatic heterocycles. The second-order valence-electron chi connectivity index (χ2n) is 6.46. The lowest BCUT2D eigenvalue weighted by Crippen LogP contribution is -2.49. The number of nitrogens with zero attached hydrogens (tertiary/aromatic N) is 1. The van der Waals surface area contributed by atoms with Crippen LogP contribution in [0.3, 0.4) is 0 Å². The molecule has 0 bridgehead atoms. The molecule has 6 heteroatoms. The topological polar surface area (TPSA) is 49.4 Å². The Morgan fingerprint density at radius 2 is 1.80 bits per heavy atom. The number of halogens is 1. The summed E-state index contributed by atoms with van der Waals surface area (Å²) in [6, 6.07) is 10.7.